The fourth-order valence-electron chi connectivity index (χ4n) is 2.07. The first-order valence-corrected chi connectivity index (χ1v) is 6.68. The van der Waals surface area contributed by atoms with Crippen LogP contribution in [0.4, 0.5) is 5.69 Å². The number of hydrogen-bond acceptors (Lipinski definition) is 3. The summed E-state index contributed by atoms with van der Waals surface area (Å²) in [5.74, 6) is 2.00. The van der Waals surface area contributed by atoms with Crippen molar-refractivity contribution in [1.82, 2.24) is 4.90 Å². The van der Waals surface area contributed by atoms with Crippen LogP contribution in [0.3, 0.4) is 0 Å². The second-order valence-corrected chi connectivity index (χ2v) is 4.99. The van der Waals surface area contributed by atoms with Crippen LogP contribution < -0.4 is 5.32 Å². The second-order valence-electron chi connectivity index (χ2n) is 4.99. The SMILES string of the molecule is Cc1ccc(CN(C)CCNc2ccccc2C)o1. The molecular formula is C16H22N2O. The molecule has 0 aliphatic rings. The number of benzene rings is 1. The largest absolute Gasteiger partial charge is 0.465 e. The van der Waals surface area contributed by atoms with E-state index in [9.17, 15) is 0 Å². The molecule has 0 aliphatic carbocycles. The first-order chi connectivity index (χ1) is 9.15. The van der Waals surface area contributed by atoms with E-state index in [1.807, 2.05) is 19.1 Å². The standard InChI is InChI=1S/C16H22N2O/c1-13-6-4-5-7-16(13)17-10-11-18(3)12-15-9-8-14(2)19-15/h4-9,17H,10-12H2,1-3H3. The maximum atomic E-state index is 5.58. The van der Waals surface area contributed by atoms with Gasteiger partial charge in [0.2, 0.25) is 0 Å². The number of aryl methyl sites for hydroxylation is 2. The molecule has 3 heteroatoms. The van der Waals surface area contributed by atoms with Gasteiger partial charge in [-0.2, -0.15) is 0 Å². The van der Waals surface area contributed by atoms with Gasteiger partial charge in [0.05, 0.1) is 6.54 Å². The van der Waals surface area contributed by atoms with Crippen molar-refractivity contribution < 1.29 is 4.42 Å². The number of likely N-dealkylation sites (N-methyl/N-ethyl adjacent to an activating group) is 1. The molecule has 2 aromatic rings. The van der Waals surface area contributed by atoms with Gasteiger partial charge in [0.25, 0.3) is 0 Å². The highest BCUT2D eigenvalue weighted by Gasteiger charge is 2.04. The summed E-state index contributed by atoms with van der Waals surface area (Å²) >= 11 is 0. The lowest BCUT2D eigenvalue weighted by Crippen LogP contribution is -2.24. The lowest BCUT2D eigenvalue weighted by Gasteiger charge is -2.16. The van der Waals surface area contributed by atoms with Gasteiger partial charge in [0.15, 0.2) is 0 Å². The third-order valence-corrected chi connectivity index (χ3v) is 3.18. The van der Waals surface area contributed by atoms with Gasteiger partial charge < -0.3 is 9.73 Å². The third-order valence-electron chi connectivity index (χ3n) is 3.18. The molecular weight excluding hydrogens is 236 g/mol. The molecule has 1 N–H and O–H groups in total. The zero-order chi connectivity index (χ0) is 13.7. The molecule has 3 nitrogen and oxygen atoms in total. The molecule has 102 valence electrons. The molecule has 0 saturated carbocycles. The van der Waals surface area contributed by atoms with Crippen LogP contribution in [-0.4, -0.2) is 25.0 Å². The lowest BCUT2D eigenvalue weighted by molar-refractivity contribution is 0.302. The molecule has 1 aromatic heterocycles. The highest BCUT2D eigenvalue weighted by Crippen LogP contribution is 2.13. The van der Waals surface area contributed by atoms with Gasteiger partial charge in [-0.15, -0.1) is 0 Å². The molecule has 2 rings (SSSR count). The lowest BCUT2D eigenvalue weighted by atomic mass is 10.2. The van der Waals surface area contributed by atoms with E-state index in [2.05, 4.69) is 48.5 Å². The first-order valence-electron chi connectivity index (χ1n) is 6.68. The van der Waals surface area contributed by atoms with Crippen LogP contribution in [-0.2, 0) is 6.54 Å². The monoisotopic (exact) mass is 258 g/mol. The molecule has 0 atom stereocenters. The summed E-state index contributed by atoms with van der Waals surface area (Å²) in [4.78, 5) is 2.25. The Morgan fingerprint density at radius 2 is 1.89 bits per heavy atom. The Hall–Kier alpha value is -1.74. The average molecular weight is 258 g/mol. The van der Waals surface area contributed by atoms with Crippen LogP contribution in [0.2, 0.25) is 0 Å². The number of nitrogens with zero attached hydrogens (tertiary/aromatic N) is 1. The topological polar surface area (TPSA) is 28.4 Å². The fourth-order valence-corrected chi connectivity index (χ4v) is 2.07. The predicted molar refractivity (Wildman–Crippen MR) is 79.4 cm³/mol. The Bertz CT molecular complexity index is 519. The van der Waals surface area contributed by atoms with Gasteiger partial charge in [-0.1, -0.05) is 18.2 Å². The minimum atomic E-state index is 0.850. The Kier molecular flexibility index (Phi) is 4.63. The second kappa shape index (κ2) is 6.43. The summed E-state index contributed by atoms with van der Waals surface area (Å²) in [6.07, 6.45) is 0. The van der Waals surface area contributed by atoms with E-state index >= 15 is 0 Å². The van der Waals surface area contributed by atoms with Gasteiger partial charge in [-0.05, 0) is 44.7 Å². The van der Waals surface area contributed by atoms with Crippen molar-refractivity contribution in [3.63, 3.8) is 0 Å². The summed E-state index contributed by atoms with van der Waals surface area (Å²) in [5, 5.41) is 3.46. The van der Waals surface area contributed by atoms with Crippen molar-refractivity contribution in [3.8, 4) is 0 Å². The van der Waals surface area contributed by atoms with E-state index in [1.165, 1.54) is 11.3 Å². The zero-order valence-electron chi connectivity index (χ0n) is 11.9. The molecule has 0 saturated heterocycles. The van der Waals surface area contributed by atoms with Crippen LogP contribution in [0, 0.1) is 13.8 Å². The van der Waals surface area contributed by atoms with Crippen molar-refractivity contribution in [2.24, 2.45) is 0 Å². The summed E-state index contributed by atoms with van der Waals surface area (Å²) in [5.41, 5.74) is 2.50. The smallest absolute Gasteiger partial charge is 0.118 e. The number of hydrogen-bond donors (Lipinski definition) is 1. The molecule has 19 heavy (non-hydrogen) atoms. The summed E-state index contributed by atoms with van der Waals surface area (Å²) in [6.45, 7) is 6.86. The fraction of sp³-hybridized carbons (Fsp3) is 0.375. The predicted octanol–water partition coefficient (Wildman–Crippen LogP) is 3.44. The minimum Gasteiger partial charge on any atom is -0.465 e. The van der Waals surface area contributed by atoms with Crippen molar-refractivity contribution in [2.75, 3.05) is 25.5 Å². The molecule has 0 aliphatic heterocycles. The van der Waals surface area contributed by atoms with E-state index < -0.39 is 0 Å². The third kappa shape index (κ3) is 4.14. The number of para-hydroxylation sites is 1. The van der Waals surface area contributed by atoms with Crippen molar-refractivity contribution in [3.05, 3.63) is 53.5 Å². The van der Waals surface area contributed by atoms with E-state index in [0.717, 1.165) is 31.2 Å². The maximum absolute atomic E-state index is 5.58. The molecule has 1 heterocycles. The number of furan rings is 1. The highest BCUT2D eigenvalue weighted by atomic mass is 16.3. The number of nitrogens with one attached hydrogen (secondary N) is 1. The van der Waals surface area contributed by atoms with Crippen molar-refractivity contribution in [1.29, 1.82) is 0 Å². The quantitative estimate of drug-likeness (QED) is 0.860. The first kappa shape index (κ1) is 13.7. The van der Waals surface area contributed by atoms with Crippen LogP contribution in [0.5, 0.6) is 0 Å². The Labute approximate surface area is 115 Å². The number of rotatable bonds is 6. The Morgan fingerprint density at radius 3 is 2.58 bits per heavy atom. The van der Waals surface area contributed by atoms with Crippen LogP contribution in [0.15, 0.2) is 40.8 Å². The van der Waals surface area contributed by atoms with Gasteiger partial charge >= 0.3 is 0 Å². The molecule has 1 aromatic carbocycles. The molecule has 0 unspecified atom stereocenters. The maximum Gasteiger partial charge on any atom is 0.118 e. The average Bonchev–Trinajstić information content (AvgIpc) is 2.77. The van der Waals surface area contributed by atoms with Gasteiger partial charge in [-0.25, -0.2) is 0 Å². The number of anilines is 1. The van der Waals surface area contributed by atoms with Gasteiger partial charge in [0.1, 0.15) is 11.5 Å². The van der Waals surface area contributed by atoms with E-state index in [-0.39, 0.29) is 0 Å². The van der Waals surface area contributed by atoms with Gasteiger partial charge in [0, 0.05) is 18.8 Å². The molecule has 0 fully saturated rings. The molecule has 0 radical (unpaired) electrons. The van der Waals surface area contributed by atoms with E-state index in [0.29, 0.717) is 0 Å². The van der Waals surface area contributed by atoms with Gasteiger partial charge in [-0.3, -0.25) is 4.90 Å². The highest BCUT2D eigenvalue weighted by molar-refractivity contribution is 5.50. The van der Waals surface area contributed by atoms with Crippen molar-refractivity contribution >= 4 is 5.69 Å². The van der Waals surface area contributed by atoms with Crippen LogP contribution in [0.1, 0.15) is 17.1 Å². The molecule has 0 bridgehead atoms. The van der Waals surface area contributed by atoms with Crippen LogP contribution in [0.25, 0.3) is 0 Å². The zero-order valence-corrected chi connectivity index (χ0v) is 11.9. The van der Waals surface area contributed by atoms with E-state index in [4.69, 9.17) is 4.42 Å². The Morgan fingerprint density at radius 1 is 1.11 bits per heavy atom. The minimum absolute atomic E-state index is 0.850. The summed E-state index contributed by atoms with van der Waals surface area (Å²) in [7, 11) is 2.11. The van der Waals surface area contributed by atoms with Crippen LogP contribution >= 0.6 is 0 Å². The Balaban J connectivity index is 1.75. The van der Waals surface area contributed by atoms with E-state index in [1.54, 1.807) is 0 Å². The normalized spacial score (nSPS) is 10.9. The van der Waals surface area contributed by atoms with Crippen molar-refractivity contribution in [2.45, 2.75) is 20.4 Å². The molecule has 0 amide bonds. The molecule has 0 spiro atoms. The summed E-state index contributed by atoms with van der Waals surface area (Å²) < 4.78 is 5.58. The summed E-state index contributed by atoms with van der Waals surface area (Å²) in [6, 6.07) is 12.4.